The SMILES string of the molecule is CCCN(CC)C(CN)c1cncn1CCC. The molecular weight excluding hydrogens is 212 g/mol. The largest absolute Gasteiger partial charge is 0.333 e. The van der Waals surface area contributed by atoms with Gasteiger partial charge in [0.1, 0.15) is 0 Å². The lowest BCUT2D eigenvalue weighted by molar-refractivity contribution is 0.204. The standard InChI is InChI=1S/C13H26N4/c1-4-7-16(6-3)12(9-14)13-10-15-11-17(13)8-5-2/h10-12H,4-9,14H2,1-3H3. The molecule has 0 saturated carbocycles. The summed E-state index contributed by atoms with van der Waals surface area (Å²) in [6.07, 6.45) is 6.17. The van der Waals surface area contributed by atoms with Crippen molar-refractivity contribution in [3.8, 4) is 0 Å². The van der Waals surface area contributed by atoms with Crippen molar-refractivity contribution in [2.45, 2.75) is 46.2 Å². The minimum absolute atomic E-state index is 0.300. The van der Waals surface area contributed by atoms with Crippen LogP contribution in [0.25, 0.3) is 0 Å². The van der Waals surface area contributed by atoms with Gasteiger partial charge in [0.05, 0.1) is 18.1 Å². The molecule has 1 aromatic heterocycles. The minimum atomic E-state index is 0.300. The molecule has 98 valence electrons. The van der Waals surface area contributed by atoms with Gasteiger partial charge in [0.25, 0.3) is 0 Å². The zero-order chi connectivity index (χ0) is 12.7. The van der Waals surface area contributed by atoms with Crippen molar-refractivity contribution in [1.29, 1.82) is 0 Å². The van der Waals surface area contributed by atoms with Crippen LogP contribution in [0.5, 0.6) is 0 Å². The van der Waals surface area contributed by atoms with Crippen molar-refractivity contribution >= 4 is 0 Å². The summed E-state index contributed by atoms with van der Waals surface area (Å²) in [7, 11) is 0. The van der Waals surface area contributed by atoms with Crippen molar-refractivity contribution in [2.75, 3.05) is 19.6 Å². The summed E-state index contributed by atoms with van der Waals surface area (Å²) in [6, 6.07) is 0.300. The van der Waals surface area contributed by atoms with Crippen molar-refractivity contribution in [3.05, 3.63) is 18.2 Å². The van der Waals surface area contributed by atoms with Crippen LogP contribution in [0.3, 0.4) is 0 Å². The van der Waals surface area contributed by atoms with Crippen molar-refractivity contribution in [3.63, 3.8) is 0 Å². The summed E-state index contributed by atoms with van der Waals surface area (Å²) in [4.78, 5) is 6.70. The Bertz CT molecular complexity index is 308. The lowest BCUT2D eigenvalue weighted by Crippen LogP contribution is -2.35. The lowest BCUT2D eigenvalue weighted by atomic mass is 10.1. The first-order valence-electron chi connectivity index (χ1n) is 6.72. The number of aryl methyl sites for hydroxylation is 1. The highest BCUT2D eigenvalue weighted by Crippen LogP contribution is 2.19. The molecule has 4 nitrogen and oxygen atoms in total. The second-order valence-electron chi connectivity index (χ2n) is 4.39. The predicted molar refractivity (Wildman–Crippen MR) is 71.9 cm³/mol. The fraction of sp³-hybridized carbons (Fsp3) is 0.769. The molecule has 1 heterocycles. The van der Waals surface area contributed by atoms with Gasteiger partial charge >= 0.3 is 0 Å². The molecule has 1 atom stereocenters. The molecule has 0 radical (unpaired) electrons. The summed E-state index contributed by atoms with van der Waals surface area (Å²) in [6.45, 7) is 10.4. The number of hydrogen-bond donors (Lipinski definition) is 1. The van der Waals surface area contributed by atoms with Crippen LogP contribution in [0.4, 0.5) is 0 Å². The fourth-order valence-corrected chi connectivity index (χ4v) is 2.31. The van der Waals surface area contributed by atoms with E-state index in [2.05, 4.69) is 35.2 Å². The van der Waals surface area contributed by atoms with Gasteiger partial charge in [0, 0.05) is 19.3 Å². The van der Waals surface area contributed by atoms with Crippen LogP contribution < -0.4 is 5.73 Å². The fourth-order valence-electron chi connectivity index (χ4n) is 2.31. The Morgan fingerprint density at radius 3 is 2.65 bits per heavy atom. The van der Waals surface area contributed by atoms with Gasteiger partial charge in [-0.2, -0.15) is 0 Å². The van der Waals surface area contributed by atoms with E-state index in [9.17, 15) is 0 Å². The molecule has 4 heteroatoms. The van der Waals surface area contributed by atoms with E-state index in [0.29, 0.717) is 12.6 Å². The number of likely N-dealkylation sites (N-methyl/N-ethyl adjacent to an activating group) is 1. The maximum Gasteiger partial charge on any atom is 0.0948 e. The molecule has 1 unspecified atom stereocenters. The van der Waals surface area contributed by atoms with Crippen molar-refractivity contribution in [1.82, 2.24) is 14.5 Å². The van der Waals surface area contributed by atoms with E-state index in [1.54, 1.807) is 0 Å². The number of imidazole rings is 1. The third-order valence-electron chi connectivity index (χ3n) is 3.13. The summed E-state index contributed by atoms with van der Waals surface area (Å²) >= 11 is 0. The van der Waals surface area contributed by atoms with E-state index in [1.807, 2.05) is 12.5 Å². The minimum Gasteiger partial charge on any atom is -0.333 e. The molecular formula is C13H26N4. The van der Waals surface area contributed by atoms with Crippen LogP contribution in [0, 0.1) is 0 Å². The van der Waals surface area contributed by atoms with Gasteiger partial charge in [-0.05, 0) is 25.9 Å². The highest BCUT2D eigenvalue weighted by Gasteiger charge is 2.20. The number of aromatic nitrogens is 2. The third-order valence-corrected chi connectivity index (χ3v) is 3.13. The molecule has 0 amide bonds. The molecule has 17 heavy (non-hydrogen) atoms. The summed E-state index contributed by atoms with van der Waals surface area (Å²) in [5.41, 5.74) is 7.21. The number of rotatable bonds is 8. The van der Waals surface area contributed by atoms with Gasteiger partial charge in [0.15, 0.2) is 0 Å². The quantitative estimate of drug-likeness (QED) is 0.754. The molecule has 0 saturated heterocycles. The maximum atomic E-state index is 5.95. The van der Waals surface area contributed by atoms with Gasteiger partial charge in [0.2, 0.25) is 0 Å². The summed E-state index contributed by atoms with van der Waals surface area (Å²) in [5, 5.41) is 0. The first-order chi connectivity index (χ1) is 8.28. The number of hydrogen-bond acceptors (Lipinski definition) is 3. The van der Waals surface area contributed by atoms with E-state index in [-0.39, 0.29) is 0 Å². The Morgan fingerprint density at radius 1 is 1.35 bits per heavy atom. The molecule has 0 aromatic carbocycles. The van der Waals surface area contributed by atoms with E-state index in [0.717, 1.165) is 32.5 Å². The molecule has 0 bridgehead atoms. The third kappa shape index (κ3) is 3.54. The zero-order valence-electron chi connectivity index (χ0n) is 11.4. The second-order valence-corrected chi connectivity index (χ2v) is 4.39. The number of nitrogens with zero attached hydrogens (tertiary/aromatic N) is 3. The monoisotopic (exact) mass is 238 g/mol. The molecule has 1 aromatic rings. The molecule has 0 spiro atoms. The second kappa shape index (κ2) is 7.45. The van der Waals surface area contributed by atoms with Gasteiger partial charge < -0.3 is 10.3 Å². The normalized spacial score (nSPS) is 13.2. The number of nitrogens with two attached hydrogens (primary N) is 1. The smallest absolute Gasteiger partial charge is 0.0948 e. The lowest BCUT2D eigenvalue weighted by Gasteiger charge is -2.30. The Kier molecular flexibility index (Phi) is 6.22. The topological polar surface area (TPSA) is 47.1 Å². The molecule has 0 aliphatic rings. The molecule has 0 aliphatic carbocycles. The Morgan fingerprint density at radius 2 is 2.12 bits per heavy atom. The maximum absolute atomic E-state index is 5.95. The van der Waals surface area contributed by atoms with Gasteiger partial charge in [-0.1, -0.05) is 20.8 Å². The van der Waals surface area contributed by atoms with Gasteiger partial charge in [-0.25, -0.2) is 4.98 Å². The van der Waals surface area contributed by atoms with Crippen LogP contribution in [0.1, 0.15) is 45.3 Å². The Hall–Kier alpha value is -0.870. The van der Waals surface area contributed by atoms with Crippen LogP contribution in [-0.4, -0.2) is 34.1 Å². The van der Waals surface area contributed by atoms with E-state index in [1.165, 1.54) is 5.69 Å². The van der Waals surface area contributed by atoms with Crippen LogP contribution in [0.2, 0.25) is 0 Å². The molecule has 2 N–H and O–H groups in total. The average molecular weight is 238 g/mol. The van der Waals surface area contributed by atoms with E-state index < -0.39 is 0 Å². The van der Waals surface area contributed by atoms with Crippen LogP contribution in [0.15, 0.2) is 12.5 Å². The predicted octanol–water partition coefficient (Wildman–Crippen LogP) is 2.02. The molecule has 1 rings (SSSR count). The zero-order valence-corrected chi connectivity index (χ0v) is 11.4. The molecule has 0 fully saturated rings. The van der Waals surface area contributed by atoms with E-state index >= 15 is 0 Å². The average Bonchev–Trinajstić information content (AvgIpc) is 2.78. The highest BCUT2D eigenvalue weighted by atomic mass is 15.2. The van der Waals surface area contributed by atoms with Crippen LogP contribution in [-0.2, 0) is 6.54 Å². The Labute approximate surface area is 105 Å². The Balaban J connectivity index is 2.86. The first-order valence-corrected chi connectivity index (χ1v) is 6.72. The van der Waals surface area contributed by atoms with Crippen molar-refractivity contribution < 1.29 is 0 Å². The summed E-state index contributed by atoms with van der Waals surface area (Å²) < 4.78 is 2.23. The van der Waals surface area contributed by atoms with Crippen LogP contribution >= 0.6 is 0 Å². The van der Waals surface area contributed by atoms with Gasteiger partial charge in [-0.3, -0.25) is 4.90 Å². The highest BCUT2D eigenvalue weighted by molar-refractivity contribution is 5.06. The summed E-state index contributed by atoms with van der Waals surface area (Å²) in [5.74, 6) is 0. The van der Waals surface area contributed by atoms with Gasteiger partial charge in [-0.15, -0.1) is 0 Å². The first kappa shape index (κ1) is 14.2. The molecule has 0 aliphatic heterocycles. The van der Waals surface area contributed by atoms with E-state index in [4.69, 9.17) is 5.73 Å². The van der Waals surface area contributed by atoms with Crippen molar-refractivity contribution in [2.24, 2.45) is 5.73 Å².